The van der Waals surface area contributed by atoms with Crippen LogP contribution in [-0.4, -0.2) is 34.7 Å². The molecule has 1 N–H and O–H groups in total. The molecule has 1 atom stereocenters. The van der Waals surface area contributed by atoms with Gasteiger partial charge in [-0.15, -0.1) is 0 Å². The molecule has 0 aliphatic carbocycles. The Morgan fingerprint density at radius 3 is 2.66 bits per heavy atom. The van der Waals surface area contributed by atoms with Gasteiger partial charge in [0, 0.05) is 17.8 Å². The summed E-state index contributed by atoms with van der Waals surface area (Å²) in [5.41, 5.74) is 2.85. The van der Waals surface area contributed by atoms with Gasteiger partial charge < -0.3 is 19.5 Å². The number of aryl methyl sites for hydroxylation is 1. The Balaban J connectivity index is 1.47. The van der Waals surface area contributed by atoms with E-state index in [2.05, 4.69) is 22.4 Å². The minimum atomic E-state index is -0.218. The van der Waals surface area contributed by atoms with Crippen LogP contribution in [0.15, 0.2) is 53.1 Å². The number of aromatic nitrogens is 2. The van der Waals surface area contributed by atoms with Crippen molar-refractivity contribution >= 4 is 11.7 Å². The second-order valence-electron chi connectivity index (χ2n) is 7.02. The molecule has 1 saturated heterocycles. The molecule has 150 valence electrons. The van der Waals surface area contributed by atoms with Crippen LogP contribution in [0.2, 0.25) is 0 Å². The van der Waals surface area contributed by atoms with Crippen molar-refractivity contribution in [3.8, 4) is 17.1 Å². The first-order chi connectivity index (χ1) is 14.2. The van der Waals surface area contributed by atoms with Crippen LogP contribution in [0, 0.1) is 0 Å². The Morgan fingerprint density at radius 2 is 1.97 bits per heavy atom. The fraction of sp³-hybridized carbons (Fsp3) is 0.318. The van der Waals surface area contributed by atoms with Crippen molar-refractivity contribution in [3.63, 3.8) is 0 Å². The van der Waals surface area contributed by atoms with E-state index in [4.69, 9.17) is 9.26 Å². The number of carbonyl (C=O) groups is 1. The van der Waals surface area contributed by atoms with Gasteiger partial charge in [0.1, 0.15) is 11.8 Å². The largest absolute Gasteiger partial charge is 0.497 e. The van der Waals surface area contributed by atoms with Crippen LogP contribution in [0.25, 0.3) is 11.4 Å². The van der Waals surface area contributed by atoms with Gasteiger partial charge in [-0.2, -0.15) is 4.98 Å². The number of likely N-dealkylation sites (tertiary alicyclic amines) is 1. The molecule has 7 heteroatoms. The highest BCUT2D eigenvalue weighted by atomic mass is 16.5. The molecule has 0 saturated carbocycles. The van der Waals surface area contributed by atoms with Crippen molar-refractivity contribution in [2.45, 2.75) is 32.2 Å². The summed E-state index contributed by atoms with van der Waals surface area (Å²) < 4.78 is 10.7. The predicted molar refractivity (Wildman–Crippen MR) is 110 cm³/mol. The Morgan fingerprint density at radius 1 is 1.21 bits per heavy atom. The quantitative estimate of drug-likeness (QED) is 0.682. The first-order valence-electron chi connectivity index (χ1n) is 9.82. The molecule has 2 aromatic carbocycles. The number of hydrogen-bond donors (Lipinski definition) is 1. The second-order valence-corrected chi connectivity index (χ2v) is 7.02. The summed E-state index contributed by atoms with van der Waals surface area (Å²) in [7, 11) is 1.62. The van der Waals surface area contributed by atoms with Crippen molar-refractivity contribution < 1.29 is 14.1 Å². The number of methoxy groups -OCH3 is 1. The average molecular weight is 392 g/mol. The van der Waals surface area contributed by atoms with E-state index in [9.17, 15) is 4.79 Å². The van der Waals surface area contributed by atoms with Crippen molar-refractivity contribution in [2.24, 2.45) is 0 Å². The Kier molecular flexibility index (Phi) is 5.46. The summed E-state index contributed by atoms with van der Waals surface area (Å²) >= 11 is 0. The maximum Gasteiger partial charge on any atom is 0.322 e. The highest BCUT2D eigenvalue weighted by molar-refractivity contribution is 5.89. The van der Waals surface area contributed by atoms with Crippen molar-refractivity contribution in [1.29, 1.82) is 0 Å². The highest BCUT2D eigenvalue weighted by Crippen LogP contribution is 2.32. The number of hydrogen-bond acceptors (Lipinski definition) is 5. The summed E-state index contributed by atoms with van der Waals surface area (Å²) in [5.74, 6) is 1.73. The molecule has 3 aromatic rings. The van der Waals surface area contributed by atoms with Crippen LogP contribution in [0.3, 0.4) is 0 Å². The Labute approximate surface area is 169 Å². The maximum absolute atomic E-state index is 12.8. The minimum Gasteiger partial charge on any atom is -0.497 e. The molecule has 1 unspecified atom stereocenters. The minimum absolute atomic E-state index is 0.152. The molecular formula is C22H24N4O3. The molecule has 2 amide bonds. The van der Waals surface area contributed by atoms with Crippen LogP contribution >= 0.6 is 0 Å². The molecule has 1 aliphatic rings. The van der Waals surface area contributed by atoms with Gasteiger partial charge in [0.2, 0.25) is 11.7 Å². The number of carbonyl (C=O) groups excluding carboxylic acids is 1. The molecule has 4 rings (SSSR count). The van der Waals surface area contributed by atoms with Gasteiger partial charge in [-0.25, -0.2) is 4.79 Å². The van der Waals surface area contributed by atoms with Crippen molar-refractivity contribution in [2.75, 3.05) is 19.0 Å². The smallest absolute Gasteiger partial charge is 0.322 e. The van der Waals surface area contributed by atoms with Crippen LogP contribution in [0.4, 0.5) is 10.5 Å². The van der Waals surface area contributed by atoms with E-state index in [1.165, 1.54) is 5.56 Å². The number of anilines is 1. The lowest BCUT2D eigenvalue weighted by Gasteiger charge is -2.22. The third kappa shape index (κ3) is 4.08. The summed E-state index contributed by atoms with van der Waals surface area (Å²) in [4.78, 5) is 19.1. The van der Waals surface area contributed by atoms with Crippen LogP contribution in [0.1, 0.15) is 37.3 Å². The molecule has 7 nitrogen and oxygen atoms in total. The summed E-state index contributed by atoms with van der Waals surface area (Å²) in [6.07, 6.45) is 2.66. The molecule has 2 heterocycles. The van der Waals surface area contributed by atoms with Gasteiger partial charge in [-0.3, -0.25) is 0 Å². The normalized spacial score (nSPS) is 16.1. The van der Waals surface area contributed by atoms with E-state index in [1.807, 2.05) is 48.5 Å². The lowest BCUT2D eigenvalue weighted by molar-refractivity contribution is 0.193. The van der Waals surface area contributed by atoms with E-state index in [-0.39, 0.29) is 12.1 Å². The summed E-state index contributed by atoms with van der Waals surface area (Å²) in [5, 5.41) is 7.07. The van der Waals surface area contributed by atoms with Crippen LogP contribution in [0.5, 0.6) is 5.75 Å². The molecule has 1 aromatic heterocycles. The SMILES string of the molecule is CCc1ccc(NC(=O)N2CCCC2c2nc(-c3ccc(OC)cc3)no2)cc1. The van der Waals surface area contributed by atoms with Crippen molar-refractivity contribution in [3.05, 3.63) is 60.0 Å². The fourth-order valence-corrected chi connectivity index (χ4v) is 3.51. The van der Waals surface area contributed by atoms with E-state index in [1.54, 1.807) is 12.0 Å². The third-order valence-corrected chi connectivity index (χ3v) is 5.20. The molecule has 29 heavy (non-hydrogen) atoms. The predicted octanol–water partition coefficient (Wildman–Crippen LogP) is 4.68. The highest BCUT2D eigenvalue weighted by Gasteiger charge is 2.34. The Bertz CT molecular complexity index is 966. The third-order valence-electron chi connectivity index (χ3n) is 5.20. The average Bonchev–Trinajstić information content (AvgIpc) is 3.44. The van der Waals surface area contributed by atoms with E-state index < -0.39 is 0 Å². The van der Waals surface area contributed by atoms with E-state index in [0.717, 1.165) is 36.3 Å². The monoisotopic (exact) mass is 392 g/mol. The van der Waals surface area contributed by atoms with E-state index >= 15 is 0 Å². The van der Waals surface area contributed by atoms with Gasteiger partial charge in [0.15, 0.2) is 0 Å². The van der Waals surface area contributed by atoms with E-state index in [0.29, 0.717) is 18.3 Å². The molecule has 0 bridgehead atoms. The Hall–Kier alpha value is -3.35. The number of rotatable bonds is 5. The number of urea groups is 1. The zero-order valence-electron chi connectivity index (χ0n) is 16.6. The van der Waals surface area contributed by atoms with Crippen molar-refractivity contribution in [1.82, 2.24) is 15.0 Å². The lowest BCUT2D eigenvalue weighted by atomic mass is 10.1. The molecule has 0 radical (unpaired) electrons. The number of benzene rings is 2. The number of ether oxygens (including phenoxy) is 1. The lowest BCUT2D eigenvalue weighted by Crippen LogP contribution is -2.34. The number of amides is 2. The zero-order chi connectivity index (χ0) is 20.2. The summed E-state index contributed by atoms with van der Waals surface area (Å²) in [6, 6.07) is 15.0. The maximum atomic E-state index is 12.8. The number of nitrogens with zero attached hydrogens (tertiary/aromatic N) is 3. The molecule has 0 spiro atoms. The van der Waals surface area contributed by atoms with Gasteiger partial charge in [0.05, 0.1) is 7.11 Å². The first kappa shape index (κ1) is 19.0. The van der Waals surface area contributed by atoms with Gasteiger partial charge >= 0.3 is 6.03 Å². The second kappa shape index (κ2) is 8.34. The number of nitrogens with one attached hydrogen (secondary N) is 1. The van der Waals surface area contributed by atoms with Gasteiger partial charge in [0.25, 0.3) is 0 Å². The van der Waals surface area contributed by atoms with Crippen LogP contribution in [-0.2, 0) is 6.42 Å². The zero-order valence-corrected chi connectivity index (χ0v) is 16.6. The molecule has 1 aliphatic heterocycles. The van der Waals surface area contributed by atoms with Gasteiger partial charge in [-0.1, -0.05) is 24.2 Å². The first-order valence-corrected chi connectivity index (χ1v) is 9.82. The fourth-order valence-electron chi connectivity index (χ4n) is 3.51. The standard InChI is InChI=1S/C22H24N4O3/c1-3-15-6-10-17(11-7-15)23-22(27)26-14-4-5-19(26)21-24-20(25-29-21)16-8-12-18(28-2)13-9-16/h6-13,19H,3-5,14H2,1-2H3,(H,23,27). The molecule has 1 fully saturated rings. The topological polar surface area (TPSA) is 80.5 Å². The molecular weight excluding hydrogens is 368 g/mol. The van der Waals surface area contributed by atoms with Crippen LogP contribution < -0.4 is 10.1 Å². The van der Waals surface area contributed by atoms with Gasteiger partial charge in [-0.05, 0) is 61.2 Å². The summed E-state index contributed by atoms with van der Waals surface area (Å²) in [6.45, 7) is 2.76.